The maximum atomic E-state index is 5.52. The maximum Gasteiger partial charge on any atom is 0.139 e. The smallest absolute Gasteiger partial charge is 0.139 e. The topological polar surface area (TPSA) is 68.8 Å². The Kier molecular flexibility index (Phi) is 2.59. The van der Waals surface area contributed by atoms with Gasteiger partial charge >= 0.3 is 0 Å². The zero-order chi connectivity index (χ0) is 10.8. The van der Waals surface area contributed by atoms with Crippen molar-refractivity contribution in [2.24, 2.45) is 7.05 Å². The Balaban J connectivity index is 2.01. The molecule has 2 heterocycles. The van der Waals surface area contributed by atoms with Gasteiger partial charge in [0.1, 0.15) is 10.8 Å². The van der Waals surface area contributed by atoms with E-state index in [-0.39, 0.29) is 0 Å². The fourth-order valence-electron chi connectivity index (χ4n) is 1.38. The molecule has 0 unspecified atom stereocenters. The summed E-state index contributed by atoms with van der Waals surface area (Å²) in [5.74, 6) is 0.561. The molecule has 2 aromatic rings. The van der Waals surface area contributed by atoms with Crippen molar-refractivity contribution in [3.63, 3.8) is 0 Å². The van der Waals surface area contributed by atoms with Crippen molar-refractivity contribution in [2.75, 3.05) is 11.1 Å². The van der Waals surface area contributed by atoms with Crippen molar-refractivity contribution < 1.29 is 0 Å². The van der Waals surface area contributed by atoms with Crippen LogP contribution in [0, 0.1) is 6.92 Å². The second-order valence-electron chi connectivity index (χ2n) is 3.38. The van der Waals surface area contributed by atoms with Gasteiger partial charge in [0.05, 0.1) is 5.69 Å². The van der Waals surface area contributed by atoms with Crippen molar-refractivity contribution in [3.8, 4) is 0 Å². The minimum Gasteiger partial charge on any atom is -0.383 e. The zero-order valence-electron chi connectivity index (χ0n) is 8.69. The lowest BCUT2D eigenvalue weighted by Crippen LogP contribution is -1.97. The minimum atomic E-state index is 0.561. The summed E-state index contributed by atoms with van der Waals surface area (Å²) < 4.78 is 5.81. The number of aryl methyl sites for hydroxylation is 2. The van der Waals surface area contributed by atoms with Gasteiger partial charge in [0, 0.05) is 31.4 Å². The third-order valence-corrected chi connectivity index (χ3v) is 2.86. The van der Waals surface area contributed by atoms with Crippen molar-refractivity contribution in [2.45, 2.75) is 13.5 Å². The Hall–Kier alpha value is -1.56. The van der Waals surface area contributed by atoms with Crippen molar-refractivity contribution in [1.29, 1.82) is 0 Å². The van der Waals surface area contributed by atoms with Gasteiger partial charge < -0.3 is 11.1 Å². The van der Waals surface area contributed by atoms with E-state index in [1.807, 2.05) is 30.9 Å². The highest BCUT2D eigenvalue weighted by molar-refractivity contribution is 7.10. The molecule has 0 fully saturated rings. The second-order valence-corrected chi connectivity index (χ2v) is 4.19. The Morgan fingerprint density at radius 2 is 2.40 bits per heavy atom. The van der Waals surface area contributed by atoms with E-state index >= 15 is 0 Å². The standard InChI is InChI=1S/C9H13N5S/c1-6-7(5-14(2)12-6)4-11-9-3-8(10)13-15-9/h3,5,11H,4H2,1-2H3,(H2,10,13). The summed E-state index contributed by atoms with van der Waals surface area (Å²) in [7, 11) is 1.92. The van der Waals surface area contributed by atoms with Crippen molar-refractivity contribution >= 4 is 22.4 Å². The molecule has 0 radical (unpaired) electrons. The SMILES string of the molecule is Cc1nn(C)cc1CNc1cc(N)ns1. The van der Waals surface area contributed by atoms with Crippen LogP contribution in [-0.2, 0) is 13.6 Å². The molecule has 0 amide bonds. The number of nitrogen functional groups attached to an aromatic ring is 1. The van der Waals surface area contributed by atoms with E-state index in [0.717, 1.165) is 17.2 Å². The van der Waals surface area contributed by atoms with Crippen LogP contribution in [0.3, 0.4) is 0 Å². The molecule has 0 aliphatic rings. The highest BCUT2D eigenvalue weighted by Crippen LogP contribution is 2.18. The highest BCUT2D eigenvalue weighted by atomic mass is 32.1. The molecule has 6 heteroatoms. The van der Waals surface area contributed by atoms with E-state index in [1.165, 1.54) is 17.1 Å². The van der Waals surface area contributed by atoms with E-state index in [4.69, 9.17) is 5.73 Å². The largest absolute Gasteiger partial charge is 0.383 e. The normalized spacial score (nSPS) is 10.5. The summed E-state index contributed by atoms with van der Waals surface area (Å²) in [5, 5.41) is 8.51. The Morgan fingerprint density at radius 3 is 2.93 bits per heavy atom. The average molecular weight is 223 g/mol. The first-order chi connectivity index (χ1) is 7.15. The Labute approximate surface area is 92.1 Å². The minimum absolute atomic E-state index is 0.561. The number of anilines is 2. The molecule has 0 saturated heterocycles. The van der Waals surface area contributed by atoms with Crippen LogP contribution in [0.15, 0.2) is 12.3 Å². The van der Waals surface area contributed by atoms with Crippen LogP contribution in [0.5, 0.6) is 0 Å². The van der Waals surface area contributed by atoms with Crippen molar-refractivity contribution in [1.82, 2.24) is 14.2 Å². The molecule has 0 atom stereocenters. The average Bonchev–Trinajstić information content (AvgIpc) is 2.70. The van der Waals surface area contributed by atoms with Gasteiger partial charge in [0.15, 0.2) is 0 Å². The second kappa shape index (κ2) is 3.90. The molecule has 5 nitrogen and oxygen atoms in total. The number of aromatic nitrogens is 3. The number of nitrogens with two attached hydrogens (primary N) is 1. The molecule has 0 spiro atoms. The van der Waals surface area contributed by atoms with Gasteiger partial charge in [-0.2, -0.15) is 9.47 Å². The molecular weight excluding hydrogens is 210 g/mol. The monoisotopic (exact) mass is 223 g/mol. The third-order valence-electron chi connectivity index (χ3n) is 2.10. The van der Waals surface area contributed by atoms with Gasteiger partial charge in [0.2, 0.25) is 0 Å². The molecule has 0 aromatic carbocycles. The first-order valence-electron chi connectivity index (χ1n) is 4.60. The lowest BCUT2D eigenvalue weighted by Gasteiger charge is -2.00. The van der Waals surface area contributed by atoms with Gasteiger partial charge in [-0.3, -0.25) is 4.68 Å². The highest BCUT2D eigenvalue weighted by Gasteiger charge is 2.03. The molecule has 0 bridgehead atoms. The molecule has 0 aliphatic heterocycles. The molecule has 2 aromatic heterocycles. The number of nitrogens with one attached hydrogen (secondary N) is 1. The van der Waals surface area contributed by atoms with Gasteiger partial charge in [-0.15, -0.1) is 0 Å². The summed E-state index contributed by atoms with van der Waals surface area (Å²) in [6.07, 6.45) is 2.01. The third kappa shape index (κ3) is 2.27. The van der Waals surface area contributed by atoms with E-state index < -0.39 is 0 Å². The number of nitrogens with zero attached hydrogens (tertiary/aromatic N) is 3. The van der Waals surface area contributed by atoms with Crippen molar-refractivity contribution in [3.05, 3.63) is 23.5 Å². The van der Waals surface area contributed by atoms with Crippen LogP contribution in [-0.4, -0.2) is 14.2 Å². The number of rotatable bonds is 3. The summed E-state index contributed by atoms with van der Waals surface area (Å²) >= 11 is 1.37. The first kappa shape index (κ1) is 9.97. The lowest BCUT2D eigenvalue weighted by molar-refractivity contribution is 0.756. The van der Waals surface area contributed by atoms with Crippen LogP contribution in [0.1, 0.15) is 11.3 Å². The van der Waals surface area contributed by atoms with Crippen LogP contribution < -0.4 is 11.1 Å². The van der Waals surface area contributed by atoms with Crippen LogP contribution in [0.4, 0.5) is 10.8 Å². The predicted molar refractivity (Wildman–Crippen MR) is 61.8 cm³/mol. The molecule has 0 saturated carbocycles. The Bertz CT molecular complexity index is 459. The number of hydrogen-bond acceptors (Lipinski definition) is 5. The Morgan fingerprint density at radius 1 is 1.60 bits per heavy atom. The van der Waals surface area contributed by atoms with Gasteiger partial charge in [-0.25, -0.2) is 0 Å². The van der Waals surface area contributed by atoms with E-state index in [2.05, 4.69) is 14.8 Å². The number of hydrogen-bond donors (Lipinski definition) is 2. The van der Waals surface area contributed by atoms with Gasteiger partial charge in [-0.05, 0) is 18.5 Å². The van der Waals surface area contributed by atoms with Crippen LogP contribution in [0.25, 0.3) is 0 Å². The predicted octanol–water partition coefficient (Wildman–Crippen LogP) is 1.38. The molecule has 0 aliphatic carbocycles. The fourth-order valence-corrected chi connectivity index (χ4v) is 1.94. The van der Waals surface area contributed by atoms with E-state index in [1.54, 1.807) is 0 Å². The van der Waals surface area contributed by atoms with Crippen LogP contribution in [0.2, 0.25) is 0 Å². The summed E-state index contributed by atoms with van der Waals surface area (Å²) in [6, 6.07) is 1.83. The van der Waals surface area contributed by atoms with E-state index in [9.17, 15) is 0 Å². The fraction of sp³-hybridized carbons (Fsp3) is 0.333. The molecular formula is C9H13N5S. The van der Waals surface area contributed by atoms with Gasteiger partial charge in [0.25, 0.3) is 0 Å². The molecule has 80 valence electrons. The van der Waals surface area contributed by atoms with Crippen LogP contribution >= 0.6 is 11.5 Å². The molecule has 3 N–H and O–H groups in total. The van der Waals surface area contributed by atoms with Gasteiger partial charge in [-0.1, -0.05) is 0 Å². The summed E-state index contributed by atoms with van der Waals surface area (Å²) in [6.45, 7) is 2.75. The maximum absolute atomic E-state index is 5.52. The molecule has 15 heavy (non-hydrogen) atoms. The summed E-state index contributed by atoms with van der Waals surface area (Å²) in [5.41, 5.74) is 7.75. The lowest BCUT2D eigenvalue weighted by atomic mass is 10.3. The zero-order valence-corrected chi connectivity index (χ0v) is 9.51. The molecule has 2 rings (SSSR count). The quantitative estimate of drug-likeness (QED) is 0.824. The van der Waals surface area contributed by atoms with E-state index in [0.29, 0.717) is 5.82 Å². The first-order valence-corrected chi connectivity index (χ1v) is 5.37. The summed E-state index contributed by atoms with van der Waals surface area (Å²) in [4.78, 5) is 0.